The number of nitrogens with two attached hydrogens (primary N) is 1. The standard InChI is InChI=1S/C21H26N2O3/c1-15(2)19(22)20(24)23-18(13-16-9-5-3-6-10-16)21(25)26-14-17-11-7-4-8-12-17/h3-12,15,18-19H,13-14,22H2,1-2H3,(H,23,24)/t18-,19-/m0/s1. The van der Waals surface area contributed by atoms with E-state index in [9.17, 15) is 9.59 Å². The van der Waals surface area contributed by atoms with Crippen molar-refractivity contribution in [2.45, 2.75) is 39.0 Å². The van der Waals surface area contributed by atoms with Gasteiger partial charge in [-0.2, -0.15) is 0 Å². The van der Waals surface area contributed by atoms with Crippen LogP contribution in [0.15, 0.2) is 60.7 Å². The van der Waals surface area contributed by atoms with Gasteiger partial charge in [0.2, 0.25) is 5.91 Å². The molecule has 2 atom stereocenters. The maximum atomic E-state index is 12.6. The van der Waals surface area contributed by atoms with E-state index >= 15 is 0 Å². The Kier molecular flexibility index (Phi) is 7.36. The van der Waals surface area contributed by atoms with Crippen LogP contribution in [0.1, 0.15) is 25.0 Å². The van der Waals surface area contributed by atoms with Gasteiger partial charge in [0.1, 0.15) is 12.6 Å². The molecule has 0 heterocycles. The van der Waals surface area contributed by atoms with E-state index in [0.29, 0.717) is 6.42 Å². The summed E-state index contributed by atoms with van der Waals surface area (Å²) >= 11 is 0. The molecule has 1 amide bonds. The Morgan fingerprint density at radius 2 is 1.50 bits per heavy atom. The molecule has 26 heavy (non-hydrogen) atoms. The van der Waals surface area contributed by atoms with E-state index in [1.165, 1.54) is 0 Å². The lowest BCUT2D eigenvalue weighted by atomic mass is 10.0. The maximum absolute atomic E-state index is 12.6. The number of hydrogen-bond acceptors (Lipinski definition) is 4. The summed E-state index contributed by atoms with van der Waals surface area (Å²) in [6, 6.07) is 17.5. The van der Waals surface area contributed by atoms with Crippen molar-refractivity contribution in [2.24, 2.45) is 11.7 Å². The SMILES string of the molecule is CC(C)[C@H](N)C(=O)N[C@@H](Cc1ccccc1)C(=O)OCc1ccccc1. The molecule has 0 aliphatic carbocycles. The Balaban J connectivity index is 2.05. The van der Waals surface area contributed by atoms with Crippen LogP contribution in [-0.4, -0.2) is 24.0 Å². The molecule has 2 rings (SSSR count). The summed E-state index contributed by atoms with van der Waals surface area (Å²) < 4.78 is 5.41. The Morgan fingerprint density at radius 1 is 0.962 bits per heavy atom. The van der Waals surface area contributed by atoms with E-state index in [4.69, 9.17) is 10.5 Å². The van der Waals surface area contributed by atoms with Gasteiger partial charge in [0, 0.05) is 6.42 Å². The number of nitrogens with one attached hydrogen (secondary N) is 1. The van der Waals surface area contributed by atoms with E-state index in [1.807, 2.05) is 74.5 Å². The van der Waals surface area contributed by atoms with Gasteiger partial charge in [-0.15, -0.1) is 0 Å². The molecule has 0 aromatic heterocycles. The zero-order chi connectivity index (χ0) is 18.9. The molecular weight excluding hydrogens is 328 g/mol. The first-order chi connectivity index (χ1) is 12.5. The van der Waals surface area contributed by atoms with E-state index < -0.39 is 18.1 Å². The first kappa shape index (κ1) is 19.7. The van der Waals surface area contributed by atoms with Crippen LogP contribution < -0.4 is 11.1 Å². The molecule has 0 saturated carbocycles. The first-order valence-corrected chi connectivity index (χ1v) is 8.78. The van der Waals surface area contributed by atoms with Crippen molar-refractivity contribution < 1.29 is 14.3 Å². The smallest absolute Gasteiger partial charge is 0.329 e. The van der Waals surface area contributed by atoms with Crippen LogP contribution in [0.25, 0.3) is 0 Å². The van der Waals surface area contributed by atoms with Crippen LogP contribution in [-0.2, 0) is 27.4 Å². The average Bonchev–Trinajstić information content (AvgIpc) is 2.66. The largest absolute Gasteiger partial charge is 0.459 e. The number of ether oxygens (including phenoxy) is 1. The molecule has 5 nitrogen and oxygen atoms in total. The van der Waals surface area contributed by atoms with Crippen molar-refractivity contribution in [1.29, 1.82) is 0 Å². The van der Waals surface area contributed by atoms with Gasteiger partial charge in [-0.25, -0.2) is 4.79 Å². The molecule has 0 radical (unpaired) electrons. The van der Waals surface area contributed by atoms with E-state index in [-0.39, 0.29) is 18.4 Å². The van der Waals surface area contributed by atoms with Crippen molar-refractivity contribution in [1.82, 2.24) is 5.32 Å². The van der Waals surface area contributed by atoms with Crippen molar-refractivity contribution in [2.75, 3.05) is 0 Å². The number of esters is 1. The number of carbonyl (C=O) groups is 2. The van der Waals surface area contributed by atoms with Gasteiger partial charge in [-0.05, 0) is 17.0 Å². The molecule has 0 aliphatic heterocycles. The quantitative estimate of drug-likeness (QED) is 0.714. The highest BCUT2D eigenvalue weighted by atomic mass is 16.5. The summed E-state index contributed by atoms with van der Waals surface area (Å²) in [5, 5.41) is 2.74. The first-order valence-electron chi connectivity index (χ1n) is 8.78. The highest BCUT2D eigenvalue weighted by Gasteiger charge is 2.26. The van der Waals surface area contributed by atoms with Gasteiger partial charge in [-0.1, -0.05) is 74.5 Å². The molecule has 0 bridgehead atoms. The maximum Gasteiger partial charge on any atom is 0.329 e. The van der Waals surface area contributed by atoms with Gasteiger partial charge < -0.3 is 15.8 Å². The molecule has 2 aromatic rings. The summed E-state index contributed by atoms with van der Waals surface area (Å²) in [7, 11) is 0. The average molecular weight is 354 g/mol. The van der Waals surface area contributed by atoms with Gasteiger partial charge in [0.05, 0.1) is 6.04 Å². The number of rotatable bonds is 8. The van der Waals surface area contributed by atoms with E-state index in [2.05, 4.69) is 5.32 Å². The van der Waals surface area contributed by atoms with Crippen molar-refractivity contribution in [3.63, 3.8) is 0 Å². The summed E-state index contributed by atoms with van der Waals surface area (Å²) in [6.07, 6.45) is 0.352. The number of carbonyl (C=O) groups excluding carboxylic acids is 2. The minimum Gasteiger partial charge on any atom is -0.459 e. The zero-order valence-corrected chi connectivity index (χ0v) is 15.2. The third-order valence-electron chi connectivity index (χ3n) is 4.13. The molecule has 0 spiro atoms. The third kappa shape index (κ3) is 6.01. The lowest BCUT2D eigenvalue weighted by molar-refractivity contribution is -0.149. The Labute approximate surface area is 154 Å². The molecular formula is C21H26N2O3. The lowest BCUT2D eigenvalue weighted by Gasteiger charge is -2.21. The lowest BCUT2D eigenvalue weighted by Crippen LogP contribution is -2.51. The Morgan fingerprint density at radius 3 is 2.04 bits per heavy atom. The third-order valence-corrected chi connectivity index (χ3v) is 4.13. The number of amides is 1. The van der Waals surface area contributed by atoms with Gasteiger partial charge in [-0.3, -0.25) is 4.79 Å². The van der Waals surface area contributed by atoms with E-state index in [0.717, 1.165) is 11.1 Å². The van der Waals surface area contributed by atoms with Gasteiger partial charge in [0.15, 0.2) is 0 Å². The molecule has 0 fully saturated rings. The van der Waals surface area contributed by atoms with Crippen LogP contribution >= 0.6 is 0 Å². The fourth-order valence-electron chi connectivity index (χ4n) is 2.44. The van der Waals surface area contributed by atoms with Crippen LogP contribution in [0, 0.1) is 5.92 Å². The minimum absolute atomic E-state index is 0.0206. The number of hydrogen-bond donors (Lipinski definition) is 2. The highest BCUT2D eigenvalue weighted by molar-refractivity contribution is 5.87. The van der Waals surface area contributed by atoms with Crippen LogP contribution in [0.3, 0.4) is 0 Å². The zero-order valence-electron chi connectivity index (χ0n) is 15.2. The van der Waals surface area contributed by atoms with Crippen LogP contribution in [0.4, 0.5) is 0 Å². The fourth-order valence-corrected chi connectivity index (χ4v) is 2.44. The molecule has 0 saturated heterocycles. The van der Waals surface area contributed by atoms with Gasteiger partial charge in [0.25, 0.3) is 0 Å². The summed E-state index contributed by atoms with van der Waals surface area (Å²) in [5.41, 5.74) is 7.73. The fraction of sp³-hybridized carbons (Fsp3) is 0.333. The highest BCUT2D eigenvalue weighted by Crippen LogP contribution is 2.08. The monoisotopic (exact) mass is 354 g/mol. The van der Waals surface area contributed by atoms with Crippen LogP contribution in [0.2, 0.25) is 0 Å². The Hall–Kier alpha value is -2.66. The molecule has 5 heteroatoms. The summed E-state index contributed by atoms with van der Waals surface area (Å²) in [6.45, 7) is 3.89. The second-order valence-electron chi connectivity index (χ2n) is 6.61. The normalized spacial score (nSPS) is 13.1. The van der Waals surface area contributed by atoms with Crippen molar-refractivity contribution in [3.05, 3.63) is 71.8 Å². The number of benzene rings is 2. The molecule has 3 N–H and O–H groups in total. The van der Waals surface area contributed by atoms with Crippen LogP contribution in [0.5, 0.6) is 0 Å². The second kappa shape index (κ2) is 9.73. The molecule has 0 aliphatic rings. The predicted octanol–water partition coefficient (Wildman–Crippen LogP) is 2.44. The van der Waals surface area contributed by atoms with Crippen molar-refractivity contribution in [3.8, 4) is 0 Å². The Bertz CT molecular complexity index is 702. The predicted molar refractivity (Wildman–Crippen MR) is 101 cm³/mol. The molecule has 0 unspecified atom stereocenters. The van der Waals surface area contributed by atoms with Gasteiger partial charge >= 0.3 is 5.97 Å². The van der Waals surface area contributed by atoms with E-state index in [1.54, 1.807) is 0 Å². The minimum atomic E-state index is -0.779. The summed E-state index contributed by atoms with van der Waals surface area (Å²) in [4.78, 5) is 24.9. The summed E-state index contributed by atoms with van der Waals surface area (Å²) in [5.74, 6) is -0.840. The molecule has 138 valence electrons. The molecule has 2 aromatic carbocycles. The second-order valence-corrected chi connectivity index (χ2v) is 6.61. The topological polar surface area (TPSA) is 81.4 Å². The van der Waals surface area contributed by atoms with Crippen molar-refractivity contribution >= 4 is 11.9 Å².